The first-order chi connectivity index (χ1) is 31.0. The molecule has 0 saturated carbocycles. The number of aliphatic hydroxyl groups is 2. The van der Waals surface area contributed by atoms with E-state index in [4.69, 9.17) is 4.74 Å². The molecule has 372 valence electrons. The van der Waals surface area contributed by atoms with Gasteiger partial charge in [-0.05, 0) is 57.8 Å². The second kappa shape index (κ2) is 53.0. The molecule has 1 amide bonds. The molecule has 0 aromatic heterocycles. The van der Waals surface area contributed by atoms with Gasteiger partial charge in [0, 0.05) is 12.8 Å². The Morgan fingerprint density at radius 3 is 1.16 bits per heavy atom. The highest BCUT2D eigenvalue weighted by atomic mass is 16.5. The van der Waals surface area contributed by atoms with Crippen molar-refractivity contribution >= 4 is 11.9 Å². The molecule has 0 aromatic rings. The quantitative estimate of drug-likeness (QED) is 0.0321. The molecule has 3 N–H and O–H groups in total. The molecule has 0 rings (SSSR count). The van der Waals surface area contributed by atoms with E-state index in [9.17, 15) is 19.8 Å². The molecule has 6 heteroatoms. The van der Waals surface area contributed by atoms with E-state index in [-0.39, 0.29) is 18.5 Å². The minimum atomic E-state index is -0.847. The fourth-order valence-electron chi connectivity index (χ4n) is 8.63. The van der Waals surface area contributed by atoms with Gasteiger partial charge >= 0.3 is 5.97 Å². The van der Waals surface area contributed by atoms with Crippen LogP contribution in [0.15, 0.2) is 24.3 Å². The fourth-order valence-corrected chi connectivity index (χ4v) is 8.63. The minimum Gasteiger partial charge on any atom is -0.466 e. The molecule has 0 radical (unpaired) electrons. The van der Waals surface area contributed by atoms with Gasteiger partial charge in [0.15, 0.2) is 0 Å². The van der Waals surface area contributed by atoms with Crippen molar-refractivity contribution in [1.82, 2.24) is 5.32 Å². The average molecular weight is 889 g/mol. The van der Waals surface area contributed by atoms with Crippen LogP contribution in [0.1, 0.15) is 303 Å². The number of hydrogen-bond acceptors (Lipinski definition) is 5. The van der Waals surface area contributed by atoms with Crippen molar-refractivity contribution in [3.8, 4) is 0 Å². The van der Waals surface area contributed by atoms with Gasteiger partial charge in [0.1, 0.15) is 0 Å². The SMILES string of the molecule is CCCCC/C=C\CCCCCCCC(=O)OCCCCCCCCCCCCCCCCCCCCC(=O)NC(CO)C(O)/C=C/CCCCCCCCCCCCCCCC. The number of carbonyl (C=O) groups is 2. The number of esters is 1. The van der Waals surface area contributed by atoms with E-state index < -0.39 is 12.1 Å². The summed E-state index contributed by atoms with van der Waals surface area (Å²) in [6, 6.07) is -0.630. The van der Waals surface area contributed by atoms with Crippen LogP contribution >= 0.6 is 0 Å². The topological polar surface area (TPSA) is 95.9 Å². The van der Waals surface area contributed by atoms with Crippen LogP contribution in [0, 0.1) is 0 Å². The van der Waals surface area contributed by atoms with Gasteiger partial charge in [-0.25, -0.2) is 0 Å². The maximum Gasteiger partial charge on any atom is 0.305 e. The molecule has 0 fully saturated rings. The maximum atomic E-state index is 12.5. The zero-order valence-corrected chi connectivity index (χ0v) is 42.3. The molecular formula is C57H109NO5. The summed E-state index contributed by atoms with van der Waals surface area (Å²) in [5.74, 6) is -0.0745. The van der Waals surface area contributed by atoms with Crippen molar-refractivity contribution in [3.63, 3.8) is 0 Å². The van der Waals surface area contributed by atoms with Gasteiger partial charge in [-0.1, -0.05) is 256 Å². The summed E-state index contributed by atoms with van der Waals surface area (Å²) in [6.45, 7) is 4.88. The van der Waals surface area contributed by atoms with Crippen LogP contribution < -0.4 is 5.32 Å². The number of rotatable bonds is 52. The largest absolute Gasteiger partial charge is 0.466 e. The van der Waals surface area contributed by atoms with Crippen molar-refractivity contribution in [1.29, 1.82) is 0 Å². The molecule has 0 bridgehead atoms. The molecule has 63 heavy (non-hydrogen) atoms. The Bertz CT molecular complexity index is 982. The lowest BCUT2D eigenvalue weighted by atomic mass is 10.0. The van der Waals surface area contributed by atoms with E-state index >= 15 is 0 Å². The zero-order valence-electron chi connectivity index (χ0n) is 42.3. The summed E-state index contributed by atoms with van der Waals surface area (Å²) in [4.78, 5) is 24.4. The highest BCUT2D eigenvalue weighted by molar-refractivity contribution is 5.76. The predicted molar refractivity (Wildman–Crippen MR) is 273 cm³/mol. The molecule has 0 saturated heterocycles. The Kier molecular flexibility index (Phi) is 51.6. The molecule has 0 aliphatic carbocycles. The predicted octanol–water partition coefficient (Wildman–Crippen LogP) is 17.1. The molecule has 2 unspecified atom stereocenters. The van der Waals surface area contributed by atoms with E-state index in [1.54, 1.807) is 6.08 Å². The van der Waals surface area contributed by atoms with Crippen molar-refractivity contribution in [3.05, 3.63) is 24.3 Å². The van der Waals surface area contributed by atoms with Gasteiger partial charge in [0.05, 0.1) is 25.4 Å². The van der Waals surface area contributed by atoms with Crippen LogP contribution in [0.3, 0.4) is 0 Å². The van der Waals surface area contributed by atoms with E-state index in [1.807, 2.05) is 6.08 Å². The number of aliphatic hydroxyl groups excluding tert-OH is 2. The first-order valence-corrected chi connectivity index (χ1v) is 28.1. The summed E-state index contributed by atoms with van der Waals surface area (Å²) < 4.78 is 5.46. The normalized spacial score (nSPS) is 12.8. The molecule has 0 aliphatic rings. The number of allylic oxidation sites excluding steroid dienone is 3. The molecule has 6 nitrogen and oxygen atoms in total. The highest BCUT2D eigenvalue weighted by Crippen LogP contribution is 2.17. The maximum absolute atomic E-state index is 12.5. The first kappa shape index (κ1) is 61.3. The van der Waals surface area contributed by atoms with Crippen LogP contribution in [0.2, 0.25) is 0 Å². The number of ether oxygens (including phenoxy) is 1. The summed E-state index contributed by atoms with van der Waals surface area (Å²) in [6.07, 6.45) is 63.3. The average Bonchev–Trinajstić information content (AvgIpc) is 3.28. The molecular weight excluding hydrogens is 779 g/mol. The number of hydrogen-bond donors (Lipinski definition) is 3. The number of nitrogens with one attached hydrogen (secondary N) is 1. The second-order valence-electron chi connectivity index (χ2n) is 19.3. The Morgan fingerprint density at radius 1 is 0.429 bits per heavy atom. The second-order valence-corrected chi connectivity index (χ2v) is 19.3. The van der Waals surface area contributed by atoms with Crippen LogP contribution in [0.4, 0.5) is 0 Å². The molecule has 2 atom stereocenters. The Balaban J connectivity index is 3.45. The third-order valence-corrected chi connectivity index (χ3v) is 13.0. The number of amides is 1. The number of carbonyl (C=O) groups excluding carboxylic acids is 2. The smallest absolute Gasteiger partial charge is 0.305 e. The van der Waals surface area contributed by atoms with Gasteiger partial charge in [-0.2, -0.15) is 0 Å². The van der Waals surface area contributed by atoms with Crippen LogP contribution in [-0.4, -0.2) is 47.4 Å². The van der Waals surface area contributed by atoms with Gasteiger partial charge < -0.3 is 20.3 Å². The summed E-state index contributed by atoms with van der Waals surface area (Å²) in [5, 5.41) is 23.1. The lowest BCUT2D eigenvalue weighted by Gasteiger charge is -2.20. The third kappa shape index (κ3) is 49.6. The summed E-state index contributed by atoms with van der Waals surface area (Å²) >= 11 is 0. The Hall–Kier alpha value is -1.66. The third-order valence-electron chi connectivity index (χ3n) is 13.0. The lowest BCUT2D eigenvalue weighted by Crippen LogP contribution is -2.45. The van der Waals surface area contributed by atoms with Crippen LogP contribution in [0.5, 0.6) is 0 Å². The van der Waals surface area contributed by atoms with Gasteiger partial charge in [0.2, 0.25) is 5.91 Å². The lowest BCUT2D eigenvalue weighted by molar-refractivity contribution is -0.143. The zero-order chi connectivity index (χ0) is 45.8. The minimum absolute atomic E-state index is 0.00360. The standard InChI is InChI=1S/C57H109NO5/c1-3-5-7-9-11-13-15-17-18-23-26-29-33-37-41-45-49-55(60)54(53-59)58-56(61)50-46-42-38-34-30-27-24-21-19-20-22-25-28-32-36-40-44-48-52-63-57(62)51-47-43-39-35-31-16-14-12-10-8-6-4-2/h12,14,45,49,54-55,59-60H,3-11,13,15-44,46-48,50-53H2,1-2H3,(H,58,61)/b14-12-,49-45+. The summed E-state index contributed by atoms with van der Waals surface area (Å²) in [7, 11) is 0. The van der Waals surface area contributed by atoms with Crippen molar-refractivity contribution in [2.75, 3.05) is 13.2 Å². The van der Waals surface area contributed by atoms with Crippen LogP contribution in [-0.2, 0) is 14.3 Å². The molecule has 0 aromatic carbocycles. The molecule has 0 spiro atoms. The first-order valence-electron chi connectivity index (χ1n) is 28.1. The van der Waals surface area contributed by atoms with E-state index in [2.05, 4.69) is 31.3 Å². The monoisotopic (exact) mass is 888 g/mol. The van der Waals surface area contributed by atoms with Crippen molar-refractivity contribution in [2.24, 2.45) is 0 Å². The van der Waals surface area contributed by atoms with Crippen molar-refractivity contribution in [2.45, 2.75) is 315 Å². The number of unbranched alkanes of at least 4 members (excludes halogenated alkanes) is 39. The van der Waals surface area contributed by atoms with Gasteiger partial charge in [-0.3, -0.25) is 9.59 Å². The molecule has 0 heterocycles. The molecule has 0 aliphatic heterocycles. The highest BCUT2D eigenvalue weighted by Gasteiger charge is 2.18. The van der Waals surface area contributed by atoms with E-state index in [1.165, 1.54) is 231 Å². The van der Waals surface area contributed by atoms with Gasteiger partial charge in [-0.15, -0.1) is 0 Å². The van der Waals surface area contributed by atoms with Crippen LogP contribution in [0.25, 0.3) is 0 Å². The van der Waals surface area contributed by atoms with Crippen molar-refractivity contribution < 1.29 is 24.5 Å². The van der Waals surface area contributed by atoms with Gasteiger partial charge in [0.25, 0.3) is 0 Å². The van der Waals surface area contributed by atoms with E-state index in [0.29, 0.717) is 19.4 Å². The Labute approximate surface area is 392 Å². The van der Waals surface area contributed by atoms with E-state index in [0.717, 1.165) is 44.9 Å². The summed E-state index contributed by atoms with van der Waals surface area (Å²) in [5.41, 5.74) is 0. The Morgan fingerprint density at radius 2 is 0.746 bits per heavy atom. The fraction of sp³-hybridized carbons (Fsp3) is 0.895.